The van der Waals surface area contributed by atoms with E-state index >= 15 is 0 Å². The molecule has 9 heteroatoms. The molecule has 0 saturated heterocycles. The summed E-state index contributed by atoms with van der Waals surface area (Å²) in [6.45, 7) is 0. The Morgan fingerprint density at radius 3 is 2.53 bits per heavy atom. The van der Waals surface area contributed by atoms with Crippen molar-refractivity contribution in [3.8, 4) is 0 Å². The third kappa shape index (κ3) is 3.03. The lowest BCUT2D eigenvalue weighted by Gasteiger charge is -2.32. The zero-order valence-electron chi connectivity index (χ0n) is 9.74. The molecule has 3 N–H and O–H groups in total. The maximum absolute atomic E-state index is 12.0. The number of nitro groups is 1. The minimum Gasteiger partial charge on any atom is -0.328 e. The molecule has 1 aliphatic carbocycles. The second-order valence-corrected chi connectivity index (χ2v) is 6.51. The summed E-state index contributed by atoms with van der Waals surface area (Å²) in [7, 11) is -3.78. The number of rotatable bonds is 4. The minimum atomic E-state index is -3.78. The lowest BCUT2D eigenvalue weighted by molar-refractivity contribution is -0.384. The zero-order chi connectivity index (χ0) is 14.2. The van der Waals surface area contributed by atoms with Crippen LogP contribution < -0.4 is 10.5 Å². The van der Waals surface area contributed by atoms with E-state index in [1.54, 1.807) is 0 Å². The SMILES string of the molecule is NC1CC(NS(=O)(=O)c2ccc([N+](=O)[O-])cc2Cl)C1. The molecule has 0 spiro atoms. The van der Waals surface area contributed by atoms with Crippen LogP contribution in [-0.2, 0) is 10.0 Å². The molecule has 0 atom stereocenters. The fraction of sp³-hybridized carbons (Fsp3) is 0.400. The third-order valence-corrected chi connectivity index (χ3v) is 4.92. The largest absolute Gasteiger partial charge is 0.328 e. The first kappa shape index (κ1) is 14.2. The van der Waals surface area contributed by atoms with Gasteiger partial charge in [0, 0.05) is 24.2 Å². The van der Waals surface area contributed by atoms with Gasteiger partial charge in [-0.3, -0.25) is 10.1 Å². The van der Waals surface area contributed by atoms with Crippen LogP contribution >= 0.6 is 11.6 Å². The Kier molecular flexibility index (Phi) is 3.77. The maximum Gasteiger partial charge on any atom is 0.271 e. The van der Waals surface area contributed by atoms with Gasteiger partial charge in [-0.15, -0.1) is 0 Å². The summed E-state index contributed by atoms with van der Waals surface area (Å²) < 4.78 is 26.5. The van der Waals surface area contributed by atoms with Gasteiger partial charge in [-0.05, 0) is 18.9 Å². The number of hydrogen-bond donors (Lipinski definition) is 2. The highest BCUT2D eigenvalue weighted by molar-refractivity contribution is 7.89. The average Bonchev–Trinajstić information content (AvgIpc) is 2.26. The second kappa shape index (κ2) is 5.04. The van der Waals surface area contributed by atoms with Crippen molar-refractivity contribution >= 4 is 27.3 Å². The standard InChI is InChI=1S/C10H12ClN3O4S/c11-9-5-8(14(15)16)1-2-10(9)19(17,18)13-7-3-6(12)4-7/h1-2,5-7,13H,3-4,12H2. The van der Waals surface area contributed by atoms with Gasteiger partial charge in [0.15, 0.2) is 0 Å². The van der Waals surface area contributed by atoms with E-state index in [4.69, 9.17) is 17.3 Å². The number of nitrogens with one attached hydrogen (secondary N) is 1. The first-order valence-electron chi connectivity index (χ1n) is 5.51. The Balaban J connectivity index is 2.23. The summed E-state index contributed by atoms with van der Waals surface area (Å²) in [5, 5.41) is 10.4. The van der Waals surface area contributed by atoms with Crippen LogP contribution in [0.25, 0.3) is 0 Å². The van der Waals surface area contributed by atoms with Crippen molar-refractivity contribution in [1.82, 2.24) is 4.72 Å². The predicted molar refractivity (Wildman–Crippen MR) is 69.4 cm³/mol. The van der Waals surface area contributed by atoms with Crippen molar-refractivity contribution in [2.75, 3.05) is 0 Å². The number of nitrogens with two attached hydrogens (primary N) is 1. The number of non-ortho nitro benzene ring substituents is 1. The van der Waals surface area contributed by atoms with E-state index in [0.29, 0.717) is 12.8 Å². The Morgan fingerprint density at radius 1 is 1.42 bits per heavy atom. The van der Waals surface area contributed by atoms with Gasteiger partial charge in [0.2, 0.25) is 10.0 Å². The normalized spacial score (nSPS) is 22.8. The Labute approximate surface area is 114 Å². The van der Waals surface area contributed by atoms with Crippen molar-refractivity contribution in [1.29, 1.82) is 0 Å². The molecule has 1 saturated carbocycles. The number of hydrogen-bond acceptors (Lipinski definition) is 5. The van der Waals surface area contributed by atoms with Crippen molar-refractivity contribution in [3.05, 3.63) is 33.3 Å². The quantitative estimate of drug-likeness (QED) is 0.636. The molecule has 1 aromatic carbocycles. The van der Waals surface area contributed by atoms with Gasteiger partial charge in [0.05, 0.1) is 9.95 Å². The lowest BCUT2D eigenvalue weighted by atomic mass is 9.89. The smallest absolute Gasteiger partial charge is 0.271 e. The summed E-state index contributed by atoms with van der Waals surface area (Å²) in [6, 6.07) is 3.06. The molecular weight excluding hydrogens is 294 g/mol. The molecule has 0 aromatic heterocycles. The van der Waals surface area contributed by atoms with E-state index in [9.17, 15) is 18.5 Å². The first-order valence-corrected chi connectivity index (χ1v) is 7.37. The van der Waals surface area contributed by atoms with Gasteiger partial charge in [0.1, 0.15) is 4.90 Å². The molecule has 0 amide bonds. The first-order chi connectivity index (χ1) is 8.79. The fourth-order valence-corrected chi connectivity index (χ4v) is 3.66. The van der Waals surface area contributed by atoms with Gasteiger partial charge in [-0.25, -0.2) is 13.1 Å². The van der Waals surface area contributed by atoms with Crippen LogP contribution in [0.3, 0.4) is 0 Å². The molecular formula is C10H12ClN3O4S. The number of nitro benzene ring substituents is 1. The second-order valence-electron chi connectivity index (χ2n) is 4.42. The van der Waals surface area contributed by atoms with E-state index in [-0.39, 0.29) is 27.7 Å². The summed E-state index contributed by atoms with van der Waals surface area (Å²) >= 11 is 5.78. The van der Waals surface area contributed by atoms with Crippen LogP contribution in [0.5, 0.6) is 0 Å². The monoisotopic (exact) mass is 305 g/mol. The molecule has 2 rings (SSSR count). The van der Waals surface area contributed by atoms with E-state index < -0.39 is 14.9 Å². The summed E-state index contributed by atoms with van der Waals surface area (Å²) in [5.74, 6) is 0. The highest BCUT2D eigenvalue weighted by Crippen LogP contribution is 2.27. The molecule has 0 aliphatic heterocycles. The number of halogens is 1. The van der Waals surface area contributed by atoms with Crippen LogP contribution in [-0.4, -0.2) is 25.4 Å². The molecule has 19 heavy (non-hydrogen) atoms. The van der Waals surface area contributed by atoms with Gasteiger partial charge in [-0.2, -0.15) is 0 Å². The molecule has 1 fully saturated rings. The van der Waals surface area contributed by atoms with Crippen LogP contribution in [0.15, 0.2) is 23.1 Å². The van der Waals surface area contributed by atoms with Gasteiger partial charge in [0.25, 0.3) is 5.69 Å². The van der Waals surface area contributed by atoms with Crippen LogP contribution in [0.2, 0.25) is 5.02 Å². The van der Waals surface area contributed by atoms with Gasteiger partial charge < -0.3 is 5.73 Å². The third-order valence-electron chi connectivity index (χ3n) is 2.91. The van der Waals surface area contributed by atoms with Crippen LogP contribution in [0.4, 0.5) is 5.69 Å². The number of nitrogens with zero attached hydrogens (tertiary/aromatic N) is 1. The van der Waals surface area contributed by atoms with Crippen molar-refractivity contribution < 1.29 is 13.3 Å². The van der Waals surface area contributed by atoms with Gasteiger partial charge in [-0.1, -0.05) is 11.6 Å². The Morgan fingerprint density at radius 2 is 2.05 bits per heavy atom. The highest BCUT2D eigenvalue weighted by Gasteiger charge is 2.31. The average molecular weight is 306 g/mol. The maximum atomic E-state index is 12.0. The van der Waals surface area contributed by atoms with Crippen molar-refractivity contribution in [2.45, 2.75) is 29.8 Å². The van der Waals surface area contributed by atoms with E-state index in [1.165, 1.54) is 0 Å². The molecule has 0 radical (unpaired) electrons. The molecule has 0 heterocycles. The summed E-state index contributed by atoms with van der Waals surface area (Å²) in [6.07, 6.45) is 1.15. The molecule has 1 aliphatic rings. The van der Waals surface area contributed by atoms with Crippen LogP contribution in [0, 0.1) is 10.1 Å². The number of sulfonamides is 1. The summed E-state index contributed by atoms with van der Waals surface area (Å²) in [5.41, 5.74) is 5.32. The minimum absolute atomic E-state index is 0.0139. The van der Waals surface area contributed by atoms with Gasteiger partial charge >= 0.3 is 0 Å². The van der Waals surface area contributed by atoms with E-state index in [0.717, 1.165) is 18.2 Å². The highest BCUT2D eigenvalue weighted by atomic mass is 35.5. The fourth-order valence-electron chi connectivity index (χ4n) is 1.86. The van der Waals surface area contributed by atoms with E-state index in [2.05, 4.69) is 4.72 Å². The lowest BCUT2D eigenvalue weighted by Crippen LogP contribution is -2.50. The Bertz CT molecular complexity index is 613. The van der Waals surface area contributed by atoms with E-state index in [1.807, 2.05) is 0 Å². The van der Waals surface area contributed by atoms with Crippen LogP contribution in [0.1, 0.15) is 12.8 Å². The Hall–Kier alpha value is -1.22. The predicted octanol–water partition coefficient (Wildman–Crippen LogP) is 1.02. The molecule has 7 nitrogen and oxygen atoms in total. The zero-order valence-corrected chi connectivity index (χ0v) is 11.3. The van der Waals surface area contributed by atoms with Crippen molar-refractivity contribution in [2.24, 2.45) is 5.73 Å². The molecule has 1 aromatic rings. The van der Waals surface area contributed by atoms with Crippen molar-refractivity contribution in [3.63, 3.8) is 0 Å². The summed E-state index contributed by atoms with van der Waals surface area (Å²) in [4.78, 5) is 9.75. The number of benzene rings is 1. The molecule has 104 valence electrons. The molecule has 0 unspecified atom stereocenters. The topological polar surface area (TPSA) is 115 Å². The molecule has 0 bridgehead atoms.